The molecule has 1 aromatic heterocycles. The van der Waals surface area contributed by atoms with Crippen molar-refractivity contribution in [3.8, 4) is 0 Å². The van der Waals surface area contributed by atoms with Crippen LogP contribution in [0.5, 0.6) is 0 Å². The molecule has 3 rings (SSSR count). The topological polar surface area (TPSA) is 42.6 Å². The highest BCUT2D eigenvalue weighted by atomic mass is 16.5. The van der Waals surface area contributed by atoms with Gasteiger partial charge in [-0.25, -0.2) is 0 Å². The summed E-state index contributed by atoms with van der Waals surface area (Å²) in [4.78, 5) is 0. The Labute approximate surface area is 123 Å². The minimum absolute atomic E-state index is 0.451. The van der Waals surface area contributed by atoms with E-state index in [1.54, 1.807) is 7.11 Å². The number of benzene rings is 2. The number of furan rings is 1. The van der Waals surface area contributed by atoms with Gasteiger partial charge in [-0.2, -0.15) is 0 Å². The molecule has 2 unspecified atom stereocenters. The maximum Gasteiger partial charge on any atom is 0.142 e. The summed E-state index contributed by atoms with van der Waals surface area (Å²) in [7, 11) is 1.59. The van der Waals surface area contributed by atoms with Crippen LogP contribution in [0.25, 0.3) is 11.0 Å². The van der Waals surface area contributed by atoms with Gasteiger partial charge in [-0.1, -0.05) is 42.0 Å². The number of methoxy groups -OCH3 is 1. The van der Waals surface area contributed by atoms with Crippen LogP contribution in [0.4, 0.5) is 0 Å². The quantitative estimate of drug-likeness (QED) is 0.781. The highest BCUT2D eigenvalue weighted by Gasteiger charge is 2.25. The molecule has 0 fully saturated rings. The SMILES string of the molecule is COC(c1ccccc1)C(O)c1cc2cc(C)ccc2o1. The average Bonchev–Trinajstić information content (AvgIpc) is 2.92. The normalized spacial score (nSPS) is 14.2. The number of hydrogen-bond donors (Lipinski definition) is 1. The molecule has 1 N–H and O–H groups in total. The first-order chi connectivity index (χ1) is 10.2. The van der Waals surface area contributed by atoms with Crippen molar-refractivity contribution >= 4 is 11.0 Å². The first kappa shape index (κ1) is 13.9. The Morgan fingerprint density at radius 3 is 2.52 bits per heavy atom. The van der Waals surface area contributed by atoms with E-state index < -0.39 is 12.2 Å². The molecule has 3 aromatic rings. The maximum absolute atomic E-state index is 10.6. The fourth-order valence-corrected chi connectivity index (χ4v) is 2.57. The largest absolute Gasteiger partial charge is 0.458 e. The van der Waals surface area contributed by atoms with Gasteiger partial charge in [0.25, 0.3) is 0 Å². The number of aliphatic hydroxyl groups is 1. The predicted octanol–water partition coefficient (Wildman–Crippen LogP) is 4.16. The predicted molar refractivity (Wildman–Crippen MR) is 82.1 cm³/mol. The molecule has 1 heterocycles. The van der Waals surface area contributed by atoms with Crippen LogP contribution in [0.2, 0.25) is 0 Å². The Morgan fingerprint density at radius 2 is 1.81 bits per heavy atom. The number of aryl methyl sites for hydroxylation is 1. The molecule has 0 amide bonds. The summed E-state index contributed by atoms with van der Waals surface area (Å²) in [6.45, 7) is 2.03. The number of hydrogen-bond acceptors (Lipinski definition) is 3. The maximum atomic E-state index is 10.6. The van der Waals surface area contributed by atoms with Gasteiger partial charge in [0.1, 0.15) is 23.6 Å². The molecule has 3 nitrogen and oxygen atoms in total. The van der Waals surface area contributed by atoms with Crippen molar-refractivity contribution in [2.24, 2.45) is 0 Å². The monoisotopic (exact) mass is 282 g/mol. The third-order valence-corrected chi connectivity index (χ3v) is 3.65. The third-order valence-electron chi connectivity index (χ3n) is 3.65. The average molecular weight is 282 g/mol. The van der Waals surface area contributed by atoms with E-state index in [1.165, 1.54) is 0 Å². The first-order valence-electron chi connectivity index (χ1n) is 6.95. The second kappa shape index (κ2) is 5.72. The second-order valence-electron chi connectivity index (χ2n) is 5.20. The van der Waals surface area contributed by atoms with Gasteiger partial charge in [0.2, 0.25) is 0 Å². The van der Waals surface area contributed by atoms with Crippen molar-refractivity contribution < 1.29 is 14.3 Å². The Bertz CT molecular complexity index is 731. The molecule has 108 valence electrons. The molecule has 21 heavy (non-hydrogen) atoms. The van der Waals surface area contributed by atoms with Crippen molar-refractivity contribution in [1.82, 2.24) is 0 Å². The lowest BCUT2D eigenvalue weighted by Gasteiger charge is -2.20. The number of aliphatic hydroxyl groups excluding tert-OH is 1. The van der Waals surface area contributed by atoms with Crippen LogP contribution in [0.15, 0.2) is 59.0 Å². The number of rotatable bonds is 4. The Morgan fingerprint density at radius 1 is 1.05 bits per heavy atom. The van der Waals surface area contributed by atoms with E-state index in [4.69, 9.17) is 9.15 Å². The highest BCUT2D eigenvalue weighted by molar-refractivity contribution is 5.78. The van der Waals surface area contributed by atoms with E-state index in [0.29, 0.717) is 5.76 Å². The zero-order valence-electron chi connectivity index (χ0n) is 12.1. The summed E-state index contributed by atoms with van der Waals surface area (Å²) in [5.41, 5.74) is 2.86. The minimum atomic E-state index is -0.842. The van der Waals surface area contributed by atoms with Gasteiger partial charge in [-0.3, -0.25) is 0 Å². The van der Waals surface area contributed by atoms with Crippen molar-refractivity contribution in [3.05, 3.63) is 71.5 Å². The molecule has 2 aromatic carbocycles. The van der Waals surface area contributed by atoms with Crippen molar-refractivity contribution in [2.75, 3.05) is 7.11 Å². The molecule has 0 radical (unpaired) electrons. The fraction of sp³-hybridized carbons (Fsp3) is 0.222. The Hall–Kier alpha value is -2.10. The van der Waals surface area contributed by atoms with E-state index in [-0.39, 0.29) is 0 Å². The minimum Gasteiger partial charge on any atom is -0.458 e. The lowest BCUT2D eigenvalue weighted by Crippen LogP contribution is -2.12. The van der Waals surface area contributed by atoms with Crippen LogP contribution < -0.4 is 0 Å². The molecular weight excluding hydrogens is 264 g/mol. The van der Waals surface area contributed by atoms with Gasteiger partial charge in [-0.05, 0) is 30.7 Å². The first-order valence-corrected chi connectivity index (χ1v) is 6.95. The molecule has 0 saturated heterocycles. The summed E-state index contributed by atoms with van der Waals surface area (Å²) in [5, 5.41) is 11.6. The molecule has 0 saturated carbocycles. The lowest BCUT2D eigenvalue weighted by atomic mass is 10.0. The van der Waals surface area contributed by atoms with E-state index in [2.05, 4.69) is 0 Å². The zero-order valence-corrected chi connectivity index (χ0v) is 12.1. The van der Waals surface area contributed by atoms with Crippen LogP contribution in [0.3, 0.4) is 0 Å². The van der Waals surface area contributed by atoms with Crippen molar-refractivity contribution in [3.63, 3.8) is 0 Å². The molecular formula is C18H18O3. The third kappa shape index (κ3) is 2.71. The fourth-order valence-electron chi connectivity index (χ4n) is 2.57. The molecule has 3 heteroatoms. The zero-order chi connectivity index (χ0) is 14.8. The molecule has 0 aliphatic heterocycles. The highest BCUT2D eigenvalue weighted by Crippen LogP contribution is 2.34. The molecule has 0 aliphatic rings. The molecule has 2 atom stereocenters. The van der Waals surface area contributed by atoms with Gasteiger partial charge in [0, 0.05) is 12.5 Å². The number of ether oxygens (including phenoxy) is 1. The van der Waals surface area contributed by atoms with Gasteiger partial charge in [-0.15, -0.1) is 0 Å². The van der Waals surface area contributed by atoms with Crippen LogP contribution in [0.1, 0.15) is 29.1 Å². The van der Waals surface area contributed by atoms with E-state index >= 15 is 0 Å². The van der Waals surface area contributed by atoms with Crippen LogP contribution in [-0.2, 0) is 4.74 Å². The van der Waals surface area contributed by atoms with Crippen molar-refractivity contribution in [2.45, 2.75) is 19.1 Å². The smallest absolute Gasteiger partial charge is 0.142 e. The summed E-state index contributed by atoms with van der Waals surface area (Å²) in [6, 6.07) is 17.5. The summed E-state index contributed by atoms with van der Waals surface area (Å²) >= 11 is 0. The lowest BCUT2D eigenvalue weighted by molar-refractivity contribution is -0.0245. The summed E-state index contributed by atoms with van der Waals surface area (Å²) in [6.07, 6.45) is -1.29. The van der Waals surface area contributed by atoms with Crippen LogP contribution in [-0.4, -0.2) is 12.2 Å². The summed E-state index contributed by atoms with van der Waals surface area (Å²) < 4.78 is 11.2. The standard InChI is InChI=1S/C18H18O3/c1-12-8-9-15-14(10-12)11-16(21-15)17(19)18(20-2)13-6-4-3-5-7-13/h3-11,17-19H,1-2H3. The second-order valence-corrected chi connectivity index (χ2v) is 5.20. The Kier molecular flexibility index (Phi) is 3.78. The molecule has 0 aliphatic carbocycles. The van der Waals surface area contributed by atoms with E-state index in [9.17, 15) is 5.11 Å². The van der Waals surface area contributed by atoms with Crippen molar-refractivity contribution in [1.29, 1.82) is 0 Å². The Balaban J connectivity index is 1.96. The number of fused-ring (bicyclic) bond motifs is 1. The molecule has 0 bridgehead atoms. The van der Waals surface area contributed by atoms with Gasteiger partial charge >= 0.3 is 0 Å². The van der Waals surface area contributed by atoms with Gasteiger partial charge in [0.15, 0.2) is 0 Å². The van der Waals surface area contributed by atoms with E-state index in [1.807, 2.05) is 61.5 Å². The van der Waals surface area contributed by atoms with Gasteiger partial charge in [0.05, 0.1) is 0 Å². The van der Waals surface area contributed by atoms with Crippen LogP contribution >= 0.6 is 0 Å². The van der Waals surface area contributed by atoms with Gasteiger partial charge < -0.3 is 14.3 Å². The van der Waals surface area contributed by atoms with E-state index in [0.717, 1.165) is 22.1 Å². The molecule has 0 spiro atoms. The summed E-state index contributed by atoms with van der Waals surface area (Å²) in [5.74, 6) is 0.520. The van der Waals surface area contributed by atoms with Crippen LogP contribution in [0, 0.1) is 6.92 Å².